The molecule has 0 spiro atoms. The number of hydrogen-bond acceptors (Lipinski definition) is 5. The maximum absolute atomic E-state index is 12.4. The van der Waals surface area contributed by atoms with Crippen LogP contribution < -0.4 is 10.6 Å². The molecule has 0 aliphatic heterocycles. The number of aryl methyl sites for hydroxylation is 1. The Bertz CT molecular complexity index is 987. The van der Waals surface area contributed by atoms with Gasteiger partial charge < -0.3 is 15.2 Å². The van der Waals surface area contributed by atoms with E-state index in [-0.39, 0.29) is 11.7 Å². The van der Waals surface area contributed by atoms with Crippen LogP contribution in [-0.4, -0.2) is 26.4 Å². The second-order valence-electron chi connectivity index (χ2n) is 6.59. The molecule has 0 bridgehead atoms. The summed E-state index contributed by atoms with van der Waals surface area (Å²) in [4.78, 5) is 12.4. The highest BCUT2D eigenvalue weighted by molar-refractivity contribution is 7.99. The number of nitrogens with one attached hydrogen (secondary N) is 2. The summed E-state index contributed by atoms with van der Waals surface area (Å²) in [5.41, 5.74) is 4.04. The molecule has 1 heterocycles. The Morgan fingerprint density at radius 2 is 1.90 bits per heavy atom. The van der Waals surface area contributed by atoms with E-state index in [0.717, 1.165) is 40.0 Å². The molecule has 0 saturated carbocycles. The largest absolute Gasteiger partial charge is 0.378 e. The summed E-state index contributed by atoms with van der Waals surface area (Å²) in [6, 6.07) is 13.4. The highest BCUT2D eigenvalue weighted by atomic mass is 35.5. The Morgan fingerprint density at radius 1 is 1.14 bits per heavy atom. The summed E-state index contributed by atoms with van der Waals surface area (Å²) >= 11 is 7.30. The standard InChI is InChI=1S/C21H24ClN5OS/c1-4-27-19(12-23-17-10-8-16(22)9-11-17)25-26-21(27)29-13-20(28)24-18-7-5-6-14(2)15(18)3/h5-11,23H,4,12-13H2,1-3H3,(H,24,28). The average molecular weight is 430 g/mol. The van der Waals surface area contributed by atoms with E-state index in [1.165, 1.54) is 11.8 Å². The van der Waals surface area contributed by atoms with Gasteiger partial charge in [-0.05, 0) is 62.2 Å². The van der Waals surface area contributed by atoms with Crippen molar-refractivity contribution in [2.75, 3.05) is 16.4 Å². The van der Waals surface area contributed by atoms with E-state index in [0.29, 0.717) is 11.6 Å². The molecule has 1 amide bonds. The van der Waals surface area contributed by atoms with E-state index in [9.17, 15) is 4.79 Å². The average Bonchev–Trinajstić information content (AvgIpc) is 3.11. The monoisotopic (exact) mass is 429 g/mol. The molecule has 6 nitrogen and oxygen atoms in total. The van der Waals surface area contributed by atoms with Gasteiger partial charge in [-0.15, -0.1) is 10.2 Å². The third-order valence-electron chi connectivity index (χ3n) is 4.62. The molecular formula is C21H24ClN5OS. The normalized spacial score (nSPS) is 10.8. The van der Waals surface area contributed by atoms with Crippen molar-refractivity contribution in [3.05, 3.63) is 64.4 Å². The van der Waals surface area contributed by atoms with Gasteiger partial charge in [0, 0.05) is 22.9 Å². The molecule has 8 heteroatoms. The number of thioether (sulfide) groups is 1. The van der Waals surface area contributed by atoms with Gasteiger partial charge in [-0.3, -0.25) is 4.79 Å². The van der Waals surface area contributed by atoms with Crippen LogP contribution in [0.15, 0.2) is 47.6 Å². The number of carbonyl (C=O) groups excluding carboxylic acids is 1. The Balaban J connectivity index is 1.58. The first-order valence-corrected chi connectivity index (χ1v) is 10.7. The minimum atomic E-state index is -0.0600. The lowest BCUT2D eigenvalue weighted by atomic mass is 10.1. The first-order chi connectivity index (χ1) is 14.0. The smallest absolute Gasteiger partial charge is 0.234 e. The Hall–Kier alpha value is -2.51. The van der Waals surface area contributed by atoms with Crippen LogP contribution >= 0.6 is 23.4 Å². The number of hydrogen-bond donors (Lipinski definition) is 2. The molecule has 29 heavy (non-hydrogen) atoms. The molecule has 0 aliphatic rings. The van der Waals surface area contributed by atoms with Crippen LogP contribution in [0.2, 0.25) is 5.02 Å². The van der Waals surface area contributed by atoms with Crippen LogP contribution in [0.4, 0.5) is 11.4 Å². The van der Waals surface area contributed by atoms with Crippen LogP contribution in [0.5, 0.6) is 0 Å². The molecule has 0 fully saturated rings. The van der Waals surface area contributed by atoms with E-state index in [1.54, 1.807) is 0 Å². The molecule has 0 aliphatic carbocycles. The number of benzene rings is 2. The second kappa shape index (κ2) is 9.80. The molecule has 0 atom stereocenters. The third-order valence-corrected chi connectivity index (χ3v) is 5.83. The number of anilines is 2. The predicted octanol–water partition coefficient (Wildman–Crippen LogP) is 4.91. The molecule has 2 aromatic carbocycles. The van der Waals surface area contributed by atoms with Crippen LogP contribution in [0, 0.1) is 13.8 Å². The Morgan fingerprint density at radius 3 is 2.62 bits per heavy atom. The lowest BCUT2D eigenvalue weighted by Gasteiger charge is -2.11. The zero-order valence-electron chi connectivity index (χ0n) is 16.7. The molecule has 1 aromatic heterocycles. The van der Waals surface area contributed by atoms with Gasteiger partial charge in [0.15, 0.2) is 11.0 Å². The van der Waals surface area contributed by atoms with Crippen molar-refractivity contribution < 1.29 is 4.79 Å². The van der Waals surface area contributed by atoms with Gasteiger partial charge in [-0.25, -0.2) is 0 Å². The van der Waals surface area contributed by atoms with Gasteiger partial charge in [0.1, 0.15) is 0 Å². The van der Waals surface area contributed by atoms with E-state index in [4.69, 9.17) is 11.6 Å². The van der Waals surface area contributed by atoms with Crippen molar-refractivity contribution in [3.63, 3.8) is 0 Å². The molecule has 0 unspecified atom stereocenters. The fraction of sp³-hybridized carbons (Fsp3) is 0.286. The molecule has 3 aromatic rings. The highest BCUT2D eigenvalue weighted by Gasteiger charge is 2.14. The zero-order valence-corrected chi connectivity index (χ0v) is 18.3. The number of nitrogens with zero attached hydrogens (tertiary/aromatic N) is 3. The molecular weight excluding hydrogens is 406 g/mol. The third kappa shape index (κ3) is 5.52. The lowest BCUT2D eigenvalue weighted by Crippen LogP contribution is -2.16. The van der Waals surface area contributed by atoms with Crippen molar-refractivity contribution in [3.8, 4) is 0 Å². The van der Waals surface area contributed by atoms with Crippen molar-refractivity contribution >= 4 is 40.6 Å². The zero-order chi connectivity index (χ0) is 20.8. The number of aromatic nitrogens is 3. The number of halogens is 1. The quantitative estimate of drug-likeness (QED) is 0.498. The summed E-state index contributed by atoms with van der Waals surface area (Å²) in [6.45, 7) is 7.34. The fourth-order valence-electron chi connectivity index (χ4n) is 2.83. The van der Waals surface area contributed by atoms with Gasteiger partial charge >= 0.3 is 0 Å². The number of carbonyl (C=O) groups is 1. The number of amides is 1. The van der Waals surface area contributed by atoms with Crippen molar-refractivity contribution in [2.45, 2.75) is 39.0 Å². The molecule has 3 rings (SSSR count). The van der Waals surface area contributed by atoms with E-state index < -0.39 is 0 Å². The van der Waals surface area contributed by atoms with Gasteiger partial charge in [0.2, 0.25) is 5.91 Å². The molecule has 0 saturated heterocycles. The molecule has 2 N–H and O–H groups in total. The van der Waals surface area contributed by atoms with Gasteiger partial charge in [0.05, 0.1) is 12.3 Å². The van der Waals surface area contributed by atoms with Crippen molar-refractivity contribution in [1.29, 1.82) is 0 Å². The van der Waals surface area contributed by atoms with E-state index >= 15 is 0 Å². The van der Waals surface area contributed by atoms with E-state index in [2.05, 4.69) is 20.8 Å². The minimum absolute atomic E-state index is 0.0600. The minimum Gasteiger partial charge on any atom is -0.378 e. The van der Waals surface area contributed by atoms with Gasteiger partial charge in [-0.1, -0.05) is 35.5 Å². The maximum atomic E-state index is 12.4. The van der Waals surface area contributed by atoms with Crippen molar-refractivity contribution in [1.82, 2.24) is 14.8 Å². The predicted molar refractivity (Wildman–Crippen MR) is 120 cm³/mol. The highest BCUT2D eigenvalue weighted by Crippen LogP contribution is 2.21. The number of rotatable bonds is 8. The maximum Gasteiger partial charge on any atom is 0.234 e. The fourth-order valence-corrected chi connectivity index (χ4v) is 3.77. The van der Waals surface area contributed by atoms with Crippen LogP contribution in [0.3, 0.4) is 0 Å². The van der Waals surface area contributed by atoms with Crippen LogP contribution in [0.1, 0.15) is 23.9 Å². The summed E-state index contributed by atoms with van der Waals surface area (Å²) in [6.07, 6.45) is 0. The van der Waals surface area contributed by atoms with Crippen LogP contribution in [-0.2, 0) is 17.9 Å². The molecule has 0 radical (unpaired) electrons. The summed E-state index contributed by atoms with van der Waals surface area (Å²) < 4.78 is 2.01. The first kappa shape index (κ1) is 21.2. The SMILES string of the molecule is CCn1c(CNc2ccc(Cl)cc2)nnc1SCC(=O)Nc1cccc(C)c1C. The molecule has 152 valence electrons. The van der Waals surface area contributed by atoms with Gasteiger partial charge in [-0.2, -0.15) is 0 Å². The van der Waals surface area contributed by atoms with Crippen molar-refractivity contribution in [2.24, 2.45) is 0 Å². The van der Waals surface area contributed by atoms with Crippen LogP contribution in [0.25, 0.3) is 0 Å². The Labute approximate surface area is 180 Å². The summed E-state index contributed by atoms with van der Waals surface area (Å²) in [5.74, 6) is 1.03. The second-order valence-corrected chi connectivity index (χ2v) is 7.97. The summed E-state index contributed by atoms with van der Waals surface area (Å²) in [5, 5.41) is 16.3. The first-order valence-electron chi connectivity index (χ1n) is 9.38. The van der Waals surface area contributed by atoms with E-state index in [1.807, 2.05) is 67.8 Å². The Kier molecular flexibility index (Phi) is 7.17. The topological polar surface area (TPSA) is 71.8 Å². The summed E-state index contributed by atoms with van der Waals surface area (Å²) in [7, 11) is 0. The van der Waals surface area contributed by atoms with Gasteiger partial charge in [0.25, 0.3) is 0 Å². The lowest BCUT2D eigenvalue weighted by molar-refractivity contribution is -0.113.